The van der Waals surface area contributed by atoms with Crippen molar-refractivity contribution in [1.82, 2.24) is 0 Å². The van der Waals surface area contributed by atoms with Crippen molar-refractivity contribution in [2.24, 2.45) is 5.11 Å². The van der Waals surface area contributed by atoms with E-state index < -0.39 is 42.6 Å². The lowest BCUT2D eigenvalue weighted by atomic mass is 9.97. The molecule has 0 saturated carbocycles. The van der Waals surface area contributed by atoms with E-state index >= 15 is 0 Å². The topological polar surface area (TPSA) is 120 Å². The molecule has 0 radical (unpaired) electrons. The first-order chi connectivity index (χ1) is 9.40. The zero-order valence-electron chi connectivity index (χ0n) is 11.7. The van der Waals surface area contributed by atoms with Gasteiger partial charge in [-0.05, 0) is 12.5 Å². The van der Waals surface area contributed by atoms with E-state index in [1.807, 2.05) is 0 Å². The highest BCUT2D eigenvalue weighted by atomic mass is 16.7. The summed E-state index contributed by atoms with van der Waals surface area (Å²) >= 11 is 0. The van der Waals surface area contributed by atoms with Crippen molar-refractivity contribution in [3.63, 3.8) is 0 Å². The highest BCUT2D eigenvalue weighted by molar-refractivity contribution is 5.67. The summed E-state index contributed by atoms with van der Waals surface area (Å²) in [7, 11) is 1.35. The maximum absolute atomic E-state index is 11.2. The van der Waals surface area contributed by atoms with Crippen molar-refractivity contribution < 1.29 is 28.5 Å². The molecule has 112 valence electrons. The van der Waals surface area contributed by atoms with Crippen LogP contribution in [0.1, 0.15) is 20.8 Å². The van der Waals surface area contributed by atoms with Gasteiger partial charge in [-0.2, -0.15) is 0 Å². The number of carbonyl (C=O) groups is 2. The maximum Gasteiger partial charge on any atom is 0.305 e. The highest BCUT2D eigenvalue weighted by Crippen LogP contribution is 2.28. The van der Waals surface area contributed by atoms with E-state index in [2.05, 4.69) is 10.0 Å². The first kappa shape index (κ1) is 16.2. The zero-order valence-corrected chi connectivity index (χ0v) is 11.7. The second-order valence-electron chi connectivity index (χ2n) is 4.29. The van der Waals surface area contributed by atoms with Gasteiger partial charge >= 0.3 is 11.9 Å². The Morgan fingerprint density at radius 3 is 2.25 bits per heavy atom. The molecule has 9 nitrogen and oxygen atoms in total. The number of rotatable bonds is 4. The number of hydrogen-bond acceptors (Lipinski definition) is 7. The molecule has 1 rings (SSSR count). The molecule has 1 heterocycles. The lowest BCUT2D eigenvalue weighted by Gasteiger charge is -2.42. The first-order valence-electron chi connectivity index (χ1n) is 5.97. The predicted molar refractivity (Wildman–Crippen MR) is 65.4 cm³/mol. The van der Waals surface area contributed by atoms with Gasteiger partial charge in [0.05, 0.1) is 6.10 Å². The van der Waals surface area contributed by atoms with E-state index in [9.17, 15) is 9.59 Å². The Morgan fingerprint density at radius 2 is 1.80 bits per heavy atom. The van der Waals surface area contributed by atoms with Gasteiger partial charge in [-0.25, -0.2) is 0 Å². The van der Waals surface area contributed by atoms with Crippen molar-refractivity contribution >= 4 is 11.9 Å². The summed E-state index contributed by atoms with van der Waals surface area (Å²) in [5.74, 6) is -1.13. The quantitative estimate of drug-likeness (QED) is 0.328. The minimum atomic E-state index is -1.04. The van der Waals surface area contributed by atoms with Crippen molar-refractivity contribution in [3.05, 3.63) is 10.4 Å². The molecule has 0 aromatic carbocycles. The Kier molecular flexibility index (Phi) is 5.75. The lowest BCUT2D eigenvalue weighted by Crippen LogP contribution is -2.59. The van der Waals surface area contributed by atoms with Gasteiger partial charge in [-0.3, -0.25) is 9.59 Å². The average molecular weight is 287 g/mol. The van der Waals surface area contributed by atoms with Crippen LogP contribution in [0, 0.1) is 0 Å². The standard InChI is InChI=1S/C11H17N3O6/c1-5-8(13-14-12)9(19-6(2)15)10(17-4)11(18-5)20-7(3)16/h5,8-11H,1-4H3/t5?,8-,9?,10?,11+/m1/s1. The second-order valence-corrected chi connectivity index (χ2v) is 4.29. The van der Waals surface area contributed by atoms with E-state index in [4.69, 9.17) is 24.5 Å². The van der Waals surface area contributed by atoms with E-state index in [1.165, 1.54) is 21.0 Å². The molecule has 0 amide bonds. The zero-order chi connectivity index (χ0) is 15.3. The minimum Gasteiger partial charge on any atom is -0.459 e. The number of methoxy groups -OCH3 is 1. The summed E-state index contributed by atoms with van der Waals surface area (Å²) in [6.07, 6.45) is -3.43. The Labute approximate surface area is 115 Å². The largest absolute Gasteiger partial charge is 0.459 e. The van der Waals surface area contributed by atoms with Crippen LogP contribution in [0.5, 0.6) is 0 Å². The van der Waals surface area contributed by atoms with Gasteiger partial charge < -0.3 is 18.9 Å². The van der Waals surface area contributed by atoms with Gasteiger partial charge in [-0.15, -0.1) is 0 Å². The van der Waals surface area contributed by atoms with Gasteiger partial charge in [0.25, 0.3) is 0 Å². The molecule has 0 bridgehead atoms. The first-order valence-corrected chi connectivity index (χ1v) is 5.97. The summed E-state index contributed by atoms with van der Waals surface area (Å²) in [5, 5.41) is 3.57. The van der Waals surface area contributed by atoms with Crippen LogP contribution in [-0.2, 0) is 28.5 Å². The summed E-state index contributed by atoms with van der Waals surface area (Å²) in [5.41, 5.74) is 8.59. The van der Waals surface area contributed by atoms with Crippen LogP contribution in [0.2, 0.25) is 0 Å². The molecular formula is C11H17N3O6. The maximum atomic E-state index is 11.2. The van der Waals surface area contributed by atoms with Crippen molar-refractivity contribution in [2.75, 3.05) is 7.11 Å². The van der Waals surface area contributed by atoms with Crippen LogP contribution >= 0.6 is 0 Å². The van der Waals surface area contributed by atoms with Crippen LogP contribution < -0.4 is 0 Å². The molecular weight excluding hydrogens is 270 g/mol. The molecule has 3 unspecified atom stereocenters. The van der Waals surface area contributed by atoms with Crippen LogP contribution in [0.25, 0.3) is 10.4 Å². The SMILES string of the molecule is COC1C(OC(C)=O)[C@H](N=[N+]=[N-])C(C)O[C@H]1OC(C)=O. The summed E-state index contributed by atoms with van der Waals surface area (Å²) in [6.45, 7) is 4.07. The smallest absolute Gasteiger partial charge is 0.305 e. The third-order valence-corrected chi connectivity index (χ3v) is 2.80. The minimum absolute atomic E-state index is 0.562. The number of ether oxygens (including phenoxy) is 4. The van der Waals surface area contributed by atoms with E-state index in [0.29, 0.717) is 0 Å². The third-order valence-electron chi connectivity index (χ3n) is 2.80. The highest BCUT2D eigenvalue weighted by Gasteiger charge is 2.48. The van der Waals surface area contributed by atoms with Crippen LogP contribution in [-0.4, -0.2) is 49.7 Å². The van der Waals surface area contributed by atoms with Crippen LogP contribution in [0.15, 0.2) is 5.11 Å². The summed E-state index contributed by atoms with van der Waals surface area (Å²) < 4.78 is 20.8. The van der Waals surface area contributed by atoms with Crippen molar-refractivity contribution in [3.8, 4) is 0 Å². The molecule has 5 atom stereocenters. The number of esters is 2. The second kappa shape index (κ2) is 7.09. The molecule has 9 heteroatoms. The Hall–Kier alpha value is -1.83. The number of carbonyl (C=O) groups excluding carboxylic acids is 2. The fraction of sp³-hybridized carbons (Fsp3) is 0.818. The van der Waals surface area contributed by atoms with Crippen LogP contribution in [0.3, 0.4) is 0 Å². The molecule has 0 aliphatic carbocycles. The number of azide groups is 1. The lowest BCUT2D eigenvalue weighted by molar-refractivity contribution is -0.268. The predicted octanol–water partition coefficient (Wildman–Crippen LogP) is 0.920. The van der Waals surface area contributed by atoms with Crippen molar-refractivity contribution in [1.29, 1.82) is 0 Å². The molecule has 1 fully saturated rings. The fourth-order valence-electron chi connectivity index (χ4n) is 2.04. The number of nitrogens with zero attached hydrogens (tertiary/aromatic N) is 3. The van der Waals surface area contributed by atoms with Gasteiger partial charge in [-0.1, -0.05) is 5.11 Å². The van der Waals surface area contributed by atoms with E-state index in [1.54, 1.807) is 6.92 Å². The van der Waals surface area contributed by atoms with Gasteiger partial charge in [0.2, 0.25) is 6.29 Å². The van der Waals surface area contributed by atoms with Crippen LogP contribution in [0.4, 0.5) is 0 Å². The molecule has 0 aromatic rings. The molecule has 20 heavy (non-hydrogen) atoms. The third kappa shape index (κ3) is 3.83. The van der Waals surface area contributed by atoms with Gasteiger partial charge in [0, 0.05) is 25.9 Å². The molecule has 1 aliphatic rings. The Bertz CT molecular complexity index is 422. The van der Waals surface area contributed by atoms with E-state index in [-0.39, 0.29) is 0 Å². The summed E-state index contributed by atoms with van der Waals surface area (Å²) in [4.78, 5) is 25.0. The molecule has 1 aliphatic heterocycles. The molecule has 0 aromatic heterocycles. The monoisotopic (exact) mass is 287 g/mol. The normalized spacial score (nSPS) is 32.9. The molecule has 0 spiro atoms. The fourth-order valence-corrected chi connectivity index (χ4v) is 2.04. The van der Waals surface area contributed by atoms with Crippen molar-refractivity contribution in [2.45, 2.75) is 51.4 Å². The summed E-state index contributed by atoms with van der Waals surface area (Å²) in [6, 6.07) is -0.777. The molecule has 0 N–H and O–H groups in total. The Balaban J connectivity index is 3.05. The van der Waals surface area contributed by atoms with E-state index in [0.717, 1.165) is 0 Å². The van der Waals surface area contributed by atoms with Gasteiger partial charge in [0.15, 0.2) is 6.10 Å². The average Bonchev–Trinajstić information content (AvgIpc) is 2.33. The Morgan fingerprint density at radius 1 is 1.20 bits per heavy atom. The number of hydrogen-bond donors (Lipinski definition) is 0. The molecule has 1 saturated heterocycles. The van der Waals surface area contributed by atoms with Gasteiger partial charge in [0.1, 0.15) is 12.1 Å².